The Morgan fingerprint density at radius 1 is 1.30 bits per heavy atom. The van der Waals surface area contributed by atoms with Gasteiger partial charge in [0.1, 0.15) is 11.4 Å². The zero-order valence-corrected chi connectivity index (χ0v) is 15.0. The molecule has 0 aliphatic carbocycles. The van der Waals surface area contributed by atoms with E-state index in [0.29, 0.717) is 22.0 Å². The molecule has 0 spiro atoms. The maximum absolute atomic E-state index is 12.6. The zero-order chi connectivity index (χ0) is 19.4. The van der Waals surface area contributed by atoms with Gasteiger partial charge in [0.2, 0.25) is 0 Å². The number of hydrogen-bond acceptors (Lipinski definition) is 5. The fourth-order valence-electron chi connectivity index (χ4n) is 2.41. The molecule has 0 saturated carbocycles. The number of rotatable bonds is 6. The van der Waals surface area contributed by atoms with Gasteiger partial charge in [0, 0.05) is 24.0 Å². The normalized spacial score (nSPS) is 10.4. The van der Waals surface area contributed by atoms with Crippen molar-refractivity contribution in [3.05, 3.63) is 81.1 Å². The van der Waals surface area contributed by atoms with Gasteiger partial charge in [-0.2, -0.15) is 5.10 Å². The van der Waals surface area contributed by atoms with E-state index in [-0.39, 0.29) is 18.1 Å². The molecule has 0 bridgehead atoms. The van der Waals surface area contributed by atoms with Crippen LogP contribution < -0.4 is 10.1 Å². The molecule has 2 aromatic carbocycles. The molecule has 1 amide bonds. The summed E-state index contributed by atoms with van der Waals surface area (Å²) in [6.07, 6.45) is 1.48. The Hall–Kier alpha value is -3.39. The van der Waals surface area contributed by atoms with Gasteiger partial charge in [-0.1, -0.05) is 23.7 Å². The summed E-state index contributed by atoms with van der Waals surface area (Å²) in [5, 5.41) is 18.1. The SMILES string of the molecule is Cc1cc([N+](=O)[O-])ccc1NC(=O)c1ccnn1COc1ccccc1Cl. The van der Waals surface area contributed by atoms with Crippen molar-refractivity contribution in [3.63, 3.8) is 0 Å². The van der Waals surface area contributed by atoms with E-state index in [0.717, 1.165) is 0 Å². The van der Waals surface area contributed by atoms with Gasteiger partial charge in [0.05, 0.1) is 9.95 Å². The van der Waals surface area contributed by atoms with Crippen LogP contribution in [0.3, 0.4) is 0 Å². The third-order valence-electron chi connectivity index (χ3n) is 3.80. The van der Waals surface area contributed by atoms with Crippen LogP contribution in [0.25, 0.3) is 0 Å². The lowest BCUT2D eigenvalue weighted by Crippen LogP contribution is -2.20. The second-order valence-electron chi connectivity index (χ2n) is 5.63. The van der Waals surface area contributed by atoms with Crippen molar-refractivity contribution in [2.24, 2.45) is 0 Å². The highest BCUT2D eigenvalue weighted by molar-refractivity contribution is 6.32. The monoisotopic (exact) mass is 386 g/mol. The quantitative estimate of drug-likeness (QED) is 0.509. The number of nitro benzene ring substituents is 1. The number of carbonyl (C=O) groups is 1. The van der Waals surface area contributed by atoms with Gasteiger partial charge in [-0.05, 0) is 36.8 Å². The maximum atomic E-state index is 12.6. The molecule has 9 heteroatoms. The third-order valence-corrected chi connectivity index (χ3v) is 4.11. The summed E-state index contributed by atoms with van der Waals surface area (Å²) < 4.78 is 6.99. The predicted molar refractivity (Wildman–Crippen MR) is 100 cm³/mol. The summed E-state index contributed by atoms with van der Waals surface area (Å²) in [5.41, 5.74) is 1.30. The summed E-state index contributed by atoms with van der Waals surface area (Å²) in [4.78, 5) is 22.9. The van der Waals surface area contributed by atoms with Crippen LogP contribution in [0.15, 0.2) is 54.7 Å². The number of benzene rings is 2. The molecule has 1 N–H and O–H groups in total. The Morgan fingerprint density at radius 2 is 2.07 bits per heavy atom. The lowest BCUT2D eigenvalue weighted by molar-refractivity contribution is -0.384. The number of nitrogens with zero attached hydrogens (tertiary/aromatic N) is 3. The van der Waals surface area contributed by atoms with Crippen molar-refractivity contribution in [3.8, 4) is 5.75 Å². The van der Waals surface area contributed by atoms with Gasteiger partial charge in [-0.15, -0.1) is 0 Å². The molecule has 8 nitrogen and oxygen atoms in total. The molecular formula is C18H15ClN4O4. The van der Waals surface area contributed by atoms with Crippen LogP contribution in [0.2, 0.25) is 5.02 Å². The number of amides is 1. The summed E-state index contributed by atoms with van der Waals surface area (Å²) in [6.45, 7) is 1.68. The van der Waals surface area contributed by atoms with Crippen molar-refractivity contribution >= 4 is 28.9 Å². The fourth-order valence-corrected chi connectivity index (χ4v) is 2.60. The molecule has 0 aliphatic rings. The van der Waals surface area contributed by atoms with E-state index in [9.17, 15) is 14.9 Å². The van der Waals surface area contributed by atoms with E-state index in [1.165, 1.54) is 29.1 Å². The van der Waals surface area contributed by atoms with Crippen LogP contribution in [-0.2, 0) is 6.73 Å². The van der Waals surface area contributed by atoms with Gasteiger partial charge in [-0.3, -0.25) is 14.9 Å². The molecule has 1 heterocycles. The van der Waals surface area contributed by atoms with Gasteiger partial charge in [-0.25, -0.2) is 4.68 Å². The first-order valence-corrected chi connectivity index (χ1v) is 8.29. The number of para-hydroxylation sites is 1. The summed E-state index contributed by atoms with van der Waals surface area (Å²) in [6, 6.07) is 12.8. The molecule has 0 aliphatic heterocycles. The number of anilines is 1. The topological polar surface area (TPSA) is 99.3 Å². The molecule has 3 rings (SSSR count). The lowest BCUT2D eigenvalue weighted by atomic mass is 10.1. The van der Waals surface area contributed by atoms with Gasteiger partial charge < -0.3 is 10.1 Å². The first-order chi connectivity index (χ1) is 13.0. The average Bonchev–Trinajstić information content (AvgIpc) is 3.11. The first kappa shape index (κ1) is 18.4. The molecule has 27 heavy (non-hydrogen) atoms. The van der Waals surface area contributed by atoms with E-state index in [1.54, 1.807) is 37.3 Å². The van der Waals surface area contributed by atoms with E-state index < -0.39 is 10.8 Å². The minimum absolute atomic E-state index is 0.00126. The Labute approximate surface area is 159 Å². The number of hydrogen-bond donors (Lipinski definition) is 1. The molecule has 0 atom stereocenters. The Bertz CT molecular complexity index is 1000. The van der Waals surface area contributed by atoms with Gasteiger partial charge >= 0.3 is 0 Å². The molecular weight excluding hydrogens is 372 g/mol. The smallest absolute Gasteiger partial charge is 0.274 e. The molecule has 0 radical (unpaired) electrons. The van der Waals surface area contributed by atoms with Crippen LogP contribution in [0, 0.1) is 17.0 Å². The first-order valence-electron chi connectivity index (χ1n) is 7.91. The number of aryl methyl sites for hydroxylation is 1. The third kappa shape index (κ3) is 4.24. The molecule has 0 saturated heterocycles. The van der Waals surface area contributed by atoms with Crippen LogP contribution in [-0.4, -0.2) is 20.6 Å². The summed E-state index contributed by atoms with van der Waals surface area (Å²) >= 11 is 6.04. The number of nitrogens with one attached hydrogen (secondary N) is 1. The summed E-state index contributed by atoms with van der Waals surface area (Å²) in [7, 11) is 0. The van der Waals surface area contributed by atoms with Crippen LogP contribution in [0.1, 0.15) is 16.1 Å². The molecule has 138 valence electrons. The fraction of sp³-hybridized carbons (Fsp3) is 0.111. The Kier molecular flexibility index (Phi) is 5.37. The summed E-state index contributed by atoms with van der Waals surface area (Å²) in [5.74, 6) is 0.0689. The number of ether oxygens (including phenoxy) is 1. The van der Waals surface area contributed by atoms with Crippen LogP contribution >= 0.6 is 11.6 Å². The van der Waals surface area contributed by atoms with Crippen molar-refractivity contribution in [1.82, 2.24) is 9.78 Å². The number of halogens is 1. The van der Waals surface area contributed by atoms with Gasteiger partial charge in [0.15, 0.2) is 6.73 Å². The van der Waals surface area contributed by atoms with Crippen molar-refractivity contribution < 1.29 is 14.5 Å². The second kappa shape index (κ2) is 7.88. The van der Waals surface area contributed by atoms with E-state index >= 15 is 0 Å². The highest BCUT2D eigenvalue weighted by Gasteiger charge is 2.15. The highest BCUT2D eigenvalue weighted by atomic mass is 35.5. The molecule has 1 aromatic heterocycles. The maximum Gasteiger partial charge on any atom is 0.274 e. The lowest BCUT2D eigenvalue weighted by Gasteiger charge is -2.12. The number of carbonyl (C=O) groups excluding carboxylic acids is 1. The number of non-ortho nitro benzene ring substituents is 1. The van der Waals surface area contributed by atoms with Gasteiger partial charge in [0.25, 0.3) is 11.6 Å². The van der Waals surface area contributed by atoms with Crippen molar-refractivity contribution in [2.75, 3.05) is 5.32 Å². The second-order valence-corrected chi connectivity index (χ2v) is 6.04. The van der Waals surface area contributed by atoms with Crippen LogP contribution in [0.5, 0.6) is 5.75 Å². The number of nitro groups is 1. The van der Waals surface area contributed by atoms with E-state index in [4.69, 9.17) is 16.3 Å². The van der Waals surface area contributed by atoms with E-state index in [1.807, 2.05) is 0 Å². The highest BCUT2D eigenvalue weighted by Crippen LogP contribution is 2.24. The standard InChI is InChI=1S/C18H15ClN4O4/c1-12-10-13(23(25)26)6-7-15(12)21-18(24)16-8-9-20-22(16)11-27-17-5-3-2-4-14(17)19/h2-10H,11H2,1H3,(H,21,24). The van der Waals surface area contributed by atoms with Crippen molar-refractivity contribution in [1.29, 1.82) is 0 Å². The van der Waals surface area contributed by atoms with Crippen molar-refractivity contribution in [2.45, 2.75) is 13.7 Å². The molecule has 0 unspecified atom stereocenters. The molecule has 3 aromatic rings. The largest absolute Gasteiger partial charge is 0.470 e. The average molecular weight is 387 g/mol. The minimum Gasteiger partial charge on any atom is -0.470 e. The Balaban J connectivity index is 1.72. The predicted octanol–water partition coefficient (Wildman–Crippen LogP) is 4.04. The van der Waals surface area contributed by atoms with E-state index in [2.05, 4.69) is 10.4 Å². The molecule has 0 fully saturated rings. The Morgan fingerprint density at radius 3 is 2.78 bits per heavy atom. The number of aromatic nitrogens is 2. The zero-order valence-electron chi connectivity index (χ0n) is 14.3. The minimum atomic E-state index is -0.486. The van der Waals surface area contributed by atoms with Crippen LogP contribution in [0.4, 0.5) is 11.4 Å².